The standard InChI is InChI=1S/C31H48ClNO5S2Si2/c1-30(2,3)41(7,8)37-24-15-16-25(27(21-24)38-42(9,10)31(4,5)6)22-11-13-23(14-12-22)33-26(19-20-36-33)28-17-18-29(39-28)40(32,34)35/h15-23,26H,11-14H2,1-10H3/t22-,23+,26?. The second-order valence-corrected chi connectivity index (χ2v) is 28.1. The average Bonchev–Trinajstić information content (AvgIpc) is 3.52. The van der Waals surface area contributed by atoms with E-state index in [0.717, 1.165) is 42.1 Å². The van der Waals surface area contributed by atoms with Crippen molar-refractivity contribution in [2.75, 3.05) is 0 Å². The van der Waals surface area contributed by atoms with Crippen molar-refractivity contribution in [2.24, 2.45) is 0 Å². The second-order valence-electron chi connectivity index (χ2n) is 14.8. The Morgan fingerprint density at radius 3 is 2.05 bits per heavy atom. The smallest absolute Gasteiger partial charge is 0.270 e. The average molecular weight is 670 g/mol. The van der Waals surface area contributed by atoms with Crippen molar-refractivity contribution < 1.29 is 22.1 Å². The summed E-state index contributed by atoms with van der Waals surface area (Å²) in [5.41, 5.74) is 1.27. The Hall–Kier alpha value is -1.31. The topological polar surface area (TPSA) is 65.1 Å². The van der Waals surface area contributed by atoms with Crippen LogP contribution in [0.1, 0.15) is 89.6 Å². The van der Waals surface area contributed by atoms with E-state index in [1.54, 1.807) is 12.3 Å². The Kier molecular flexibility index (Phi) is 9.51. The molecule has 1 aromatic carbocycles. The first-order chi connectivity index (χ1) is 19.2. The van der Waals surface area contributed by atoms with E-state index in [2.05, 4.69) is 85.9 Å². The quantitative estimate of drug-likeness (QED) is 0.206. The van der Waals surface area contributed by atoms with Crippen molar-refractivity contribution in [3.05, 3.63) is 53.1 Å². The van der Waals surface area contributed by atoms with Crippen LogP contribution in [0.4, 0.5) is 0 Å². The molecule has 0 amide bonds. The summed E-state index contributed by atoms with van der Waals surface area (Å²) in [6, 6.07) is 10.1. The van der Waals surface area contributed by atoms with Crippen molar-refractivity contribution in [3.8, 4) is 11.5 Å². The van der Waals surface area contributed by atoms with Gasteiger partial charge in [-0.15, -0.1) is 16.4 Å². The van der Waals surface area contributed by atoms with Gasteiger partial charge in [-0.3, -0.25) is 0 Å². The summed E-state index contributed by atoms with van der Waals surface area (Å²) < 4.78 is 37.5. The third-order valence-corrected chi connectivity index (χ3v) is 21.6. The van der Waals surface area contributed by atoms with Gasteiger partial charge in [0.1, 0.15) is 28.0 Å². The molecule has 1 unspecified atom stereocenters. The van der Waals surface area contributed by atoms with Crippen molar-refractivity contribution in [3.63, 3.8) is 0 Å². The van der Waals surface area contributed by atoms with Gasteiger partial charge in [0.05, 0.1) is 0 Å². The van der Waals surface area contributed by atoms with Crippen molar-refractivity contribution >= 4 is 47.7 Å². The first-order valence-electron chi connectivity index (χ1n) is 14.9. The molecular formula is C31H48ClNO5S2Si2. The molecule has 0 saturated heterocycles. The van der Waals surface area contributed by atoms with Crippen molar-refractivity contribution in [1.82, 2.24) is 5.06 Å². The Bertz CT molecular complexity index is 1400. The van der Waals surface area contributed by atoms with E-state index in [0.29, 0.717) is 5.92 Å². The van der Waals surface area contributed by atoms with E-state index in [1.165, 1.54) is 16.9 Å². The van der Waals surface area contributed by atoms with Crippen LogP contribution in [-0.2, 0) is 13.9 Å². The van der Waals surface area contributed by atoms with Crippen LogP contribution in [-0.4, -0.2) is 36.2 Å². The normalized spacial score (nSPS) is 22.7. The summed E-state index contributed by atoms with van der Waals surface area (Å²) in [5, 5.41) is 2.21. The minimum absolute atomic E-state index is 0.0811. The van der Waals surface area contributed by atoms with Crippen molar-refractivity contribution in [1.29, 1.82) is 0 Å². The highest BCUT2D eigenvalue weighted by molar-refractivity contribution is 8.15. The summed E-state index contributed by atoms with van der Waals surface area (Å²) in [4.78, 5) is 6.87. The van der Waals surface area contributed by atoms with Gasteiger partial charge in [0.15, 0.2) is 0 Å². The largest absolute Gasteiger partial charge is 0.543 e. The predicted octanol–water partition coefficient (Wildman–Crippen LogP) is 9.97. The Labute approximate surface area is 264 Å². The van der Waals surface area contributed by atoms with Crippen molar-refractivity contribution in [2.45, 2.75) is 126 Å². The molecule has 234 valence electrons. The molecule has 4 rings (SSSR count). The maximum Gasteiger partial charge on any atom is 0.270 e. The molecule has 1 saturated carbocycles. The lowest BCUT2D eigenvalue weighted by Gasteiger charge is -2.40. The van der Waals surface area contributed by atoms with E-state index < -0.39 is 25.7 Å². The van der Waals surface area contributed by atoms with Crippen LogP contribution in [0.3, 0.4) is 0 Å². The van der Waals surface area contributed by atoms with Gasteiger partial charge in [-0.25, -0.2) is 8.42 Å². The van der Waals surface area contributed by atoms with Gasteiger partial charge in [-0.1, -0.05) is 47.6 Å². The zero-order valence-corrected chi connectivity index (χ0v) is 31.2. The minimum Gasteiger partial charge on any atom is -0.543 e. The number of nitrogens with zero attached hydrogens (tertiary/aromatic N) is 1. The lowest BCUT2D eigenvalue weighted by atomic mass is 9.81. The summed E-state index contributed by atoms with van der Waals surface area (Å²) in [5.74, 6) is 2.26. The third-order valence-electron chi connectivity index (χ3n) is 9.68. The fourth-order valence-electron chi connectivity index (χ4n) is 5.01. The summed E-state index contributed by atoms with van der Waals surface area (Å²) in [7, 11) is -2.25. The molecule has 2 aliphatic rings. The maximum absolute atomic E-state index is 11.8. The van der Waals surface area contributed by atoms with Gasteiger partial charge in [-0.2, -0.15) is 0 Å². The Morgan fingerprint density at radius 1 is 0.905 bits per heavy atom. The van der Waals surface area contributed by atoms with Crippen LogP contribution in [0, 0.1) is 0 Å². The molecule has 1 aliphatic carbocycles. The first kappa shape index (κ1) is 33.6. The number of hydroxylamine groups is 2. The fraction of sp³-hybridized carbons (Fsp3) is 0.613. The number of hydrogen-bond donors (Lipinski definition) is 0. The molecule has 1 fully saturated rings. The first-order valence-corrected chi connectivity index (χ1v) is 23.8. The molecule has 2 aromatic rings. The highest BCUT2D eigenvalue weighted by atomic mass is 35.7. The zero-order valence-electron chi connectivity index (χ0n) is 26.8. The number of rotatable bonds is 8. The van der Waals surface area contributed by atoms with Crippen LogP contribution in [0.15, 0.2) is 46.9 Å². The van der Waals surface area contributed by atoms with Crippen LogP contribution in [0.2, 0.25) is 36.3 Å². The molecule has 1 atom stereocenters. The number of thiophene rings is 1. The van der Waals surface area contributed by atoms with E-state index >= 15 is 0 Å². The molecule has 0 N–H and O–H groups in total. The van der Waals surface area contributed by atoms with Gasteiger partial charge in [0.2, 0.25) is 16.6 Å². The van der Waals surface area contributed by atoms with E-state index in [-0.39, 0.29) is 26.4 Å². The molecule has 42 heavy (non-hydrogen) atoms. The van der Waals surface area contributed by atoms with E-state index in [9.17, 15) is 8.42 Å². The molecule has 1 aromatic heterocycles. The van der Waals surface area contributed by atoms with Gasteiger partial charge >= 0.3 is 0 Å². The lowest BCUT2D eigenvalue weighted by molar-refractivity contribution is -0.147. The van der Waals surface area contributed by atoms with Gasteiger partial charge in [0, 0.05) is 27.7 Å². The number of hydrogen-bond acceptors (Lipinski definition) is 7. The lowest BCUT2D eigenvalue weighted by Crippen LogP contribution is -2.44. The van der Waals surface area contributed by atoms with E-state index in [1.807, 2.05) is 17.2 Å². The van der Waals surface area contributed by atoms with Gasteiger partial charge in [0.25, 0.3) is 9.05 Å². The van der Waals surface area contributed by atoms with Crippen LogP contribution in [0.25, 0.3) is 0 Å². The molecule has 0 bridgehead atoms. The second kappa shape index (κ2) is 11.9. The van der Waals surface area contributed by atoms with Gasteiger partial charge < -0.3 is 13.7 Å². The number of benzene rings is 1. The molecular weight excluding hydrogens is 622 g/mol. The third kappa shape index (κ3) is 7.31. The molecule has 0 spiro atoms. The Balaban J connectivity index is 1.54. The summed E-state index contributed by atoms with van der Waals surface area (Å²) in [6.07, 6.45) is 7.65. The predicted molar refractivity (Wildman–Crippen MR) is 179 cm³/mol. The highest BCUT2D eigenvalue weighted by Gasteiger charge is 2.42. The minimum atomic E-state index is -3.75. The fourth-order valence-corrected chi connectivity index (χ4v) is 9.23. The summed E-state index contributed by atoms with van der Waals surface area (Å²) in [6.45, 7) is 22.8. The maximum atomic E-state index is 11.8. The summed E-state index contributed by atoms with van der Waals surface area (Å²) >= 11 is 1.20. The highest BCUT2D eigenvalue weighted by Crippen LogP contribution is 2.47. The molecule has 0 radical (unpaired) electrons. The molecule has 1 aliphatic heterocycles. The zero-order chi connectivity index (χ0) is 31.3. The molecule has 6 nitrogen and oxygen atoms in total. The Morgan fingerprint density at radius 2 is 1.50 bits per heavy atom. The monoisotopic (exact) mass is 669 g/mol. The van der Waals surface area contributed by atoms with Gasteiger partial charge in [-0.05, 0) is 97.7 Å². The van der Waals surface area contributed by atoms with Crippen LogP contribution in [0.5, 0.6) is 11.5 Å². The van der Waals surface area contributed by atoms with Crippen LogP contribution < -0.4 is 8.85 Å². The molecule has 11 heteroatoms. The van der Waals surface area contributed by atoms with E-state index in [4.69, 9.17) is 24.4 Å². The molecule has 2 heterocycles. The van der Waals surface area contributed by atoms with Crippen LogP contribution >= 0.6 is 22.0 Å². The number of halogens is 1. The SMILES string of the molecule is CC(C)(C)[Si](C)(C)Oc1ccc([C@H]2CC[C@@H](N3OC=CC3c3ccc(S(=O)(=O)Cl)s3)CC2)c(O[Si](C)(C)C(C)(C)C)c1.